The third-order valence-corrected chi connectivity index (χ3v) is 6.17. The summed E-state index contributed by atoms with van der Waals surface area (Å²) in [6, 6.07) is 21.5. The standard InChI is InChI=1S/C24H26N2O3S/c1-18-8-5-10-20(16-18)11-7-15-25-24(27)21-12-6-13-22(17-21)30(28,29)26-23-14-4-3-9-19(23)2/h3-6,8-10,12-14,16-17,26H,7,11,15H2,1-2H3,(H,25,27). The Morgan fingerprint density at radius 1 is 0.900 bits per heavy atom. The number of anilines is 1. The minimum Gasteiger partial charge on any atom is -0.352 e. The molecule has 0 radical (unpaired) electrons. The highest BCUT2D eigenvalue weighted by Gasteiger charge is 2.17. The SMILES string of the molecule is Cc1cccc(CCCNC(=O)c2cccc(S(=O)(=O)Nc3ccccc3C)c2)c1. The quantitative estimate of drug-likeness (QED) is 0.526. The van der Waals surface area contributed by atoms with E-state index in [-0.39, 0.29) is 10.8 Å². The van der Waals surface area contributed by atoms with E-state index in [4.69, 9.17) is 0 Å². The molecule has 0 bridgehead atoms. The number of sulfonamides is 1. The summed E-state index contributed by atoms with van der Waals surface area (Å²) in [5, 5.41) is 2.87. The maximum absolute atomic E-state index is 12.7. The molecule has 156 valence electrons. The zero-order valence-corrected chi connectivity index (χ0v) is 18.0. The van der Waals surface area contributed by atoms with Crippen LogP contribution in [0.15, 0.2) is 77.7 Å². The van der Waals surface area contributed by atoms with Crippen LogP contribution in [-0.4, -0.2) is 20.9 Å². The number of benzene rings is 3. The van der Waals surface area contributed by atoms with Crippen molar-refractivity contribution in [1.82, 2.24) is 5.32 Å². The van der Waals surface area contributed by atoms with Gasteiger partial charge in [-0.25, -0.2) is 8.42 Å². The van der Waals surface area contributed by atoms with Gasteiger partial charge in [0.25, 0.3) is 15.9 Å². The number of carbonyl (C=O) groups is 1. The summed E-state index contributed by atoms with van der Waals surface area (Å²) in [6.45, 7) is 4.41. The molecule has 1 amide bonds. The Hall–Kier alpha value is -3.12. The Kier molecular flexibility index (Phi) is 6.90. The van der Waals surface area contributed by atoms with Crippen molar-refractivity contribution in [1.29, 1.82) is 0 Å². The molecule has 3 rings (SSSR count). The van der Waals surface area contributed by atoms with Gasteiger partial charge >= 0.3 is 0 Å². The van der Waals surface area contributed by atoms with Gasteiger partial charge in [0.2, 0.25) is 0 Å². The Balaban J connectivity index is 1.61. The van der Waals surface area contributed by atoms with Crippen molar-refractivity contribution in [3.63, 3.8) is 0 Å². The number of para-hydroxylation sites is 1. The molecule has 0 spiro atoms. The number of hydrogen-bond donors (Lipinski definition) is 2. The number of nitrogens with one attached hydrogen (secondary N) is 2. The molecule has 0 aliphatic carbocycles. The van der Waals surface area contributed by atoms with Crippen LogP contribution in [-0.2, 0) is 16.4 Å². The van der Waals surface area contributed by atoms with Crippen LogP contribution in [0.3, 0.4) is 0 Å². The molecule has 2 N–H and O–H groups in total. The summed E-state index contributed by atoms with van der Waals surface area (Å²) >= 11 is 0. The molecule has 0 saturated heterocycles. The van der Waals surface area contributed by atoms with Crippen molar-refractivity contribution in [2.24, 2.45) is 0 Å². The van der Waals surface area contributed by atoms with Crippen LogP contribution in [0.4, 0.5) is 5.69 Å². The second-order valence-corrected chi connectivity index (χ2v) is 8.98. The van der Waals surface area contributed by atoms with E-state index in [0.29, 0.717) is 17.8 Å². The van der Waals surface area contributed by atoms with Crippen molar-refractivity contribution in [3.05, 3.63) is 95.1 Å². The molecular weight excluding hydrogens is 396 g/mol. The molecule has 0 aromatic heterocycles. The van der Waals surface area contributed by atoms with Crippen molar-refractivity contribution < 1.29 is 13.2 Å². The lowest BCUT2D eigenvalue weighted by Gasteiger charge is -2.11. The number of rotatable bonds is 8. The van der Waals surface area contributed by atoms with Gasteiger partial charge in [-0.3, -0.25) is 9.52 Å². The lowest BCUT2D eigenvalue weighted by Crippen LogP contribution is -2.25. The van der Waals surface area contributed by atoms with Gasteiger partial charge in [0.1, 0.15) is 0 Å². The topological polar surface area (TPSA) is 75.3 Å². The number of carbonyl (C=O) groups excluding carboxylic acids is 1. The van der Waals surface area contributed by atoms with Gasteiger partial charge in [0, 0.05) is 12.1 Å². The van der Waals surface area contributed by atoms with Gasteiger partial charge in [-0.1, -0.05) is 54.1 Å². The first kappa shape index (κ1) is 21.6. The summed E-state index contributed by atoms with van der Waals surface area (Å²) < 4.78 is 28.0. The molecular formula is C24H26N2O3S. The number of amides is 1. The zero-order chi connectivity index (χ0) is 21.6. The van der Waals surface area contributed by atoms with Crippen LogP contribution in [0.25, 0.3) is 0 Å². The van der Waals surface area contributed by atoms with E-state index in [1.54, 1.807) is 24.3 Å². The van der Waals surface area contributed by atoms with Crippen LogP contribution in [0.1, 0.15) is 33.5 Å². The van der Waals surface area contributed by atoms with E-state index in [1.807, 2.05) is 25.1 Å². The average molecular weight is 423 g/mol. The molecule has 6 heteroatoms. The van der Waals surface area contributed by atoms with Gasteiger partial charge in [-0.15, -0.1) is 0 Å². The molecule has 0 atom stereocenters. The highest BCUT2D eigenvalue weighted by atomic mass is 32.2. The van der Waals surface area contributed by atoms with Gasteiger partial charge in [0.15, 0.2) is 0 Å². The first-order chi connectivity index (χ1) is 14.3. The highest BCUT2D eigenvalue weighted by molar-refractivity contribution is 7.92. The van der Waals surface area contributed by atoms with Crippen molar-refractivity contribution in [2.75, 3.05) is 11.3 Å². The zero-order valence-electron chi connectivity index (χ0n) is 17.2. The minimum absolute atomic E-state index is 0.0539. The smallest absolute Gasteiger partial charge is 0.261 e. The third kappa shape index (κ3) is 5.70. The number of hydrogen-bond acceptors (Lipinski definition) is 3. The van der Waals surface area contributed by atoms with Gasteiger partial charge in [-0.2, -0.15) is 0 Å². The highest BCUT2D eigenvalue weighted by Crippen LogP contribution is 2.20. The molecule has 30 heavy (non-hydrogen) atoms. The first-order valence-electron chi connectivity index (χ1n) is 9.87. The van der Waals surface area contributed by atoms with Crippen molar-refractivity contribution in [2.45, 2.75) is 31.6 Å². The third-order valence-electron chi connectivity index (χ3n) is 4.81. The van der Waals surface area contributed by atoms with Crippen molar-refractivity contribution >= 4 is 21.6 Å². The Labute approximate surface area is 178 Å². The maximum Gasteiger partial charge on any atom is 0.261 e. The predicted molar refractivity (Wildman–Crippen MR) is 120 cm³/mol. The van der Waals surface area contributed by atoms with Gasteiger partial charge in [0.05, 0.1) is 10.6 Å². The summed E-state index contributed by atoms with van der Waals surface area (Å²) in [6.07, 6.45) is 1.68. The Morgan fingerprint density at radius 3 is 2.43 bits per heavy atom. The fourth-order valence-corrected chi connectivity index (χ4v) is 4.34. The van der Waals surface area contributed by atoms with Crippen LogP contribution in [0.2, 0.25) is 0 Å². The molecule has 0 saturated carbocycles. The molecule has 3 aromatic rings. The summed E-state index contributed by atoms with van der Waals surface area (Å²) in [5.41, 5.74) is 4.11. The van der Waals surface area contributed by atoms with E-state index < -0.39 is 10.0 Å². The van der Waals surface area contributed by atoms with Crippen LogP contribution >= 0.6 is 0 Å². The van der Waals surface area contributed by atoms with E-state index >= 15 is 0 Å². The molecule has 3 aromatic carbocycles. The molecule has 0 aliphatic heterocycles. The Morgan fingerprint density at radius 2 is 1.67 bits per heavy atom. The van der Waals surface area contributed by atoms with Gasteiger partial charge in [-0.05, 0) is 62.1 Å². The largest absolute Gasteiger partial charge is 0.352 e. The summed E-state index contributed by atoms with van der Waals surface area (Å²) in [4.78, 5) is 12.5. The van der Waals surface area contributed by atoms with E-state index in [9.17, 15) is 13.2 Å². The monoisotopic (exact) mass is 422 g/mol. The average Bonchev–Trinajstić information content (AvgIpc) is 2.73. The second-order valence-electron chi connectivity index (χ2n) is 7.30. The van der Waals surface area contributed by atoms with Crippen LogP contribution < -0.4 is 10.0 Å². The fraction of sp³-hybridized carbons (Fsp3) is 0.208. The second kappa shape index (κ2) is 9.59. The minimum atomic E-state index is -3.79. The van der Waals surface area contributed by atoms with E-state index in [2.05, 4.69) is 35.2 Å². The molecule has 5 nitrogen and oxygen atoms in total. The molecule has 0 fully saturated rings. The van der Waals surface area contributed by atoms with Crippen LogP contribution in [0, 0.1) is 13.8 Å². The summed E-state index contributed by atoms with van der Waals surface area (Å²) in [7, 11) is -3.79. The van der Waals surface area contributed by atoms with Gasteiger partial charge < -0.3 is 5.32 Å². The first-order valence-corrected chi connectivity index (χ1v) is 11.4. The van der Waals surface area contributed by atoms with E-state index in [0.717, 1.165) is 18.4 Å². The predicted octanol–water partition coefficient (Wildman–Crippen LogP) is 4.47. The lowest BCUT2D eigenvalue weighted by molar-refractivity contribution is 0.0953. The fourth-order valence-electron chi connectivity index (χ4n) is 3.16. The summed E-state index contributed by atoms with van der Waals surface area (Å²) in [5.74, 6) is -0.285. The maximum atomic E-state index is 12.7. The lowest BCUT2D eigenvalue weighted by atomic mass is 10.1. The normalized spacial score (nSPS) is 11.1. The molecule has 0 heterocycles. The number of aryl methyl sites for hydroxylation is 3. The van der Waals surface area contributed by atoms with Crippen LogP contribution in [0.5, 0.6) is 0 Å². The Bertz CT molecular complexity index is 1140. The molecule has 0 aliphatic rings. The van der Waals surface area contributed by atoms with Crippen molar-refractivity contribution in [3.8, 4) is 0 Å². The molecule has 0 unspecified atom stereocenters. The van der Waals surface area contributed by atoms with E-state index in [1.165, 1.54) is 23.3 Å².